The van der Waals surface area contributed by atoms with Gasteiger partial charge in [0, 0.05) is 5.56 Å². The Labute approximate surface area is 151 Å². The highest BCUT2D eigenvalue weighted by Gasteiger charge is 2.13. The van der Waals surface area contributed by atoms with Crippen LogP contribution in [-0.4, -0.2) is 14.4 Å². The van der Waals surface area contributed by atoms with Gasteiger partial charge in [-0.05, 0) is 30.7 Å². The molecule has 0 radical (unpaired) electrons. The maximum absolute atomic E-state index is 4.85. The molecule has 0 saturated carbocycles. The molecule has 5 aromatic rings. The molecule has 124 valence electrons. The number of hydrogen-bond donors (Lipinski definition) is 0. The highest BCUT2D eigenvalue weighted by Crippen LogP contribution is 2.29. The van der Waals surface area contributed by atoms with Crippen LogP contribution in [0.2, 0.25) is 0 Å². The Hall–Kier alpha value is -3.46. The smallest absolute Gasteiger partial charge is 0.235 e. The highest BCUT2D eigenvalue weighted by atomic mass is 15.1. The minimum atomic E-state index is 0.725. The SMILES string of the molecule is Cc1ccc(-c2cc(-c3ccccc3)n3c(n2)nc2ccccc23)cc1. The predicted molar refractivity (Wildman–Crippen MR) is 106 cm³/mol. The maximum atomic E-state index is 4.85. The van der Waals surface area contributed by atoms with Crippen molar-refractivity contribution in [2.45, 2.75) is 6.92 Å². The number of aromatic nitrogens is 3. The normalized spacial score (nSPS) is 11.3. The van der Waals surface area contributed by atoms with E-state index < -0.39 is 0 Å². The lowest BCUT2D eigenvalue weighted by atomic mass is 10.1. The molecule has 0 bridgehead atoms. The molecule has 5 rings (SSSR count). The molecule has 0 aliphatic heterocycles. The lowest BCUT2D eigenvalue weighted by molar-refractivity contribution is 1.14. The molecule has 3 aromatic carbocycles. The number of rotatable bonds is 2. The van der Waals surface area contributed by atoms with Crippen molar-refractivity contribution in [2.24, 2.45) is 0 Å². The van der Waals surface area contributed by atoms with Crippen molar-refractivity contribution in [3.05, 3.63) is 90.5 Å². The Morgan fingerprint density at radius 2 is 1.42 bits per heavy atom. The lowest BCUT2D eigenvalue weighted by Gasteiger charge is -2.10. The van der Waals surface area contributed by atoms with Gasteiger partial charge < -0.3 is 0 Å². The molecule has 2 heterocycles. The van der Waals surface area contributed by atoms with Crippen LogP contribution in [0.1, 0.15) is 5.56 Å². The zero-order valence-electron chi connectivity index (χ0n) is 14.4. The van der Waals surface area contributed by atoms with E-state index in [4.69, 9.17) is 9.97 Å². The van der Waals surface area contributed by atoms with Gasteiger partial charge in [-0.3, -0.25) is 4.40 Å². The second kappa shape index (κ2) is 5.81. The zero-order chi connectivity index (χ0) is 17.5. The van der Waals surface area contributed by atoms with Gasteiger partial charge in [-0.25, -0.2) is 9.97 Å². The fraction of sp³-hybridized carbons (Fsp3) is 0.0435. The number of benzene rings is 3. The van der Waals surface area contributed by atoms with Crippen molar-refractivity contribution in [1.82, 2.24) is 14.4 Å². The number of hydrogen-bond acceptors (Lipinski definition) is 2. The number of nitrogens with zero attached hydrogens (tertiary/aromatic N) is 3. The molecule has 3 nitrogen and oxygen atoms in total. The molecule has 26 heavy (non-hydrogen) atoms. The van der Waals surface area contributed by atoms with E-state index in [1.807, 2.05) is 24.3 Å². The lowest BCUT2D eigenvalue weighted by Crippen LogP contribution is -1.97. The van der Waals surface area contributed by atoms with Gasteiger partial charge in [0.05, 0.1) is 22.4 Å². The summed E-state index contributed by atoms with van der Waals surface area (Å²) in [6.07, 6.45) is 0. The van der Waals surface area contributed by atoms with Crippen LogP contribution < -0.4 is 0 Å². The van der Waals surface area contributed by atoms with Crippen LogP contribution in [0.4, 0.5) is 0 Å². The monoisotopic (exact) mass is 335 g/mol. The molecular weight excluding hydrogens is 318 g/mol. The molecule has 0 fully saturated rings. The first-order valence-corrected chi connectivity index (χ1v) is 8.70. The quantitative estimate of drug-likeness (QED) is 0.425. The van der Waals surface area contributed by atoms with E-state index >= 15 is 0 Å². The molecule has 0 amide bonds. The van der Waals surface area contributed by atoms with Crippen LogP contribution >= 0.6 is 0 Å². The third-order valence-electron chi connectivity index (χ3n) is 4.69. The van der Waals surface area contributed by atoms with Crippen molar-refractivity contribution in [1.29, 1.82) is 0 Å². The molecule has 2 aromatic heterocycles. The molecule has 0 aliphatic rings. The Bertz CT molecular complexity index is 1220. The second-order valence-electron chi connectivity index (χ2n) is 6.49. The third kappa shape index (κ3) is 2.37. The zero-order valence-corrected chi connectivity index (χ0v) is 14.4. The maximum Gasteiger partial charge on any atom is 0.235 e. The van der Waals surface area contributed by atoms with Gasteiger partial charge in [0.2, 0.25) is 5.78 Å². The van der Waals surface area contributed by atoms with Crippen LogP contribution in [0.5, 0.6) is 0 Å². The minimum Gasteiger partial charge on any atom is -0.276 e. The van der Waals surface area contributed by atoms with Crippen molar-refractivity contribution in [3.8, 4) is 22.5 Å². The van der Waals surface area contributed by atoms with Crippen LogP contribution in [0.25, 0.3) is 39.3 Å². The number of aryl methyl sites for hydroxylation is 1. The first-order valence-electron chi connectivity index (χ1n) is 8.70. The van der Waals surface area contributed by atoms with Gasteiger partial charge in [0.15, 0.2) is 0 Å². The van der Waals surface area contributed by atoms with Crippen LogP contribution in [0.15, 0.2) is 84.9 Å². The van der Waals surface area contributed by atoms with Crippen molar-refractivity contribution >= 4 is 16.8 Å². The number of fused-ring (bicyclic) bond motifs is 3. The first kappa shape index (κ1) is 14.8. The van der Waals surface area contributed by atoms with E-state index in [2.05, 4.69) is 72.0 Å². The predicted octanol–water partition coefficient (Wildman–Crippen LogP) is 5.52. The molecular formula is C23H17N3. The fourth-order valence-electron chi connectivity index (χ4n) is 3.35. The first-order chi connectivity index (χ1) is 12.8. The van der Waals surface area contributed by atoms with E-state index in [1.165, 1.54) is 5.56 Å². The number of para-hydroxylation sites is 2. The molecule has 3 heteroatoms. The van der Waals surface area contributed by atoms with Crippen molar-refractivity contribution in [3.63, 3.8) is 0 Å². The van der Waals surface area contributed by atoms with Gasteiger partial charge in [0.25, 0.3) is 0 Å². The number of imidazole rings is 1. The summed E-state index contributed by atoms with van der Waals surface area (Å²) in [5.74, 6) is 0.725. The molecule has 0 aliphatic carbocycles. The summed E-state index contributed by atoms with van der Waals surface area (Å²) in [5.41, 5.74) is 7.55. The topological polar surface area (TPSA) is 30.2 Å². The summed E-state index contributed by atoms with van der Waals surface area (Å²) in [4.78, 5) is 9.61. The van der Waals surface area contributed by atoms with E-state index in [0.29, 0.717) is 0 Å². The fourth-order valence-corrected chi connectivity index (χ4v) is 3.35. The Morgan fingerprint density at radius 3 is 2.23 bits per heavy atom. The average molecular weight is 335 g/mol. The van der Waals surface area contributed by atoms with E-state index in [-0.39, 0.29) is 0 Å². The Morgan fingerprint density at radius 1 is 0.692 bits per heavy atom. The van der Waals surface area contributed by atoms with Crippen molar-refractivity contribution in [2.75, 3.05) is 0 Å². The summed E-state index contributed by atoms with van der Waals surface area (Å²) in [6, 6.07) is 29.2. The standard InChI is InChI=1S/C23H17N3/c1-16-11-13-17(14-12-16)20-15-22(18-7-3-2-4-8-18)26-21-10-6-5-9-19(21)24-23(26)25-20/h2-15H,1H3. The summed E-state index contributed by atoms with van der Waals surface area (Å²) in [6.45, 7) is 2.09. The van der Waals surface area contributed by atoms with Crippen molar-refractivity contribution < 1.29 is 0 Å². The van der Waals surface area contributed by atoms with Gasteiger partial charge in [0.1, 0.15) is 0 Å². The summed E-state index contributed by atoms with van der Waals surface area (Å²) in [5, 5.41) is 0. The Balaban J connectivity index is 1.87. The minimum absolute atomic E-state index is 0.725. The molecule has 0 unspecified atom stereocenters. The summed E-state index contributed by atoms with van der Waals surface area (Å²) >= 11 is 0. The second-order valence-corrected chi connectivity index (χ2v) is 6.49. The van der Waals surface area contributed by atoms with E-state index in [1.54, 1.807) is 0 Å². The van der Waals surface area contributed by atoms with E-state index in [0.717, 1.165) is 39.3 Å². The van der Waals surface area contributed by atoms with Crippen LogP contribution in [0.3, 0.4) is 0 Å². The van der Waals surface area contributed by atoms with Gasteiger partial charge in [-0.2, -0.15) is 0 Å². The highest BCUT2D eigenvalue weighted by molar-refractivity contribution is 5.84. The van der Waals surface area contributed by atoms with E-state index in [9.17, 15) is 0 Å². The Kier molecular flexibility index (Phi) is 3.32. The van der Waals surface area contributed by atoms with Gasteiger partial charge in [-0.1, -0.05) is 72.3 Å². The largest absolute Gasteiger partial charge is 0.276 e. The van der Waals surface area contributed by atoms with Crippen LogP contribution in [0, 0.1) is 6.92 Å². The van der Waals surface area contributed by atoms with Gasteiger partial charge in [-0.15, -0.1) is 0 Å². The molecule has 0 spiro atoms. The van der Waals surface area contributed by atoms with Gasteiger partial charge >= 0.3 is 0 Å². The molecule has 0 saturated heterocycles. The van der Waals surface area contributed by atoms with Crippen LogP contribution in [-0.2, 0) is 0 Å². The molecule has 0 N–H and O–H groups in total. The summed E-state index contributed by atoms with van der Waals surface area (Å²) in [7, 11) is 0. The summed E-state index contributed by atoms with van der Waals surface area (Å²) < 4.78 is 2.14. The third-order valence-corrected chi connectivity index (χ3v) is 4.69. The average Bonchev–Trinajstić information content (AvgIpc) is 3.07. The molecule has 0 atom stereocenters.